The van der Waals surface area contributed by atoms with Crippen molar-refractivity contribution in [1.82, 2.24) is 10.0 Å². The minimum absolute atomic E-state index is 0.206. The van der Waals surface area contributed by atoms with Crippen molar-refractivity contribution in [2.24, 2.45) is 5.92 Å². The highest BCUT2D eigenvalue weighted by molar-refractivity contribution is 7.90. The number of hydrogen-bond donors (Lipinski definition) is 3. The molecule has 0 saturated heterocycles. The quantitative estimate of drug-likeness (QED) is 0.517. The molecule has 0 spiro atoms. The van der Waals surface area contributed by atoms with Crippen molar-refractivity contribution < 1.29 is 27.9 Å². The van der Waals surface area contributed by atoms with Crippen LogP contribution in [-0.2, 0) is 19.6 Å². The van der Waals surface area contributed by atoms with Crippen LogP contribution < -0.4 is 10.0 Å². The molecular weight excluding hydrogens is 420 g/mol. The van der Waals surface area contributed by atoms with Gasteiger partial charge in [0.25, 0.3) is 15.9 Å². The minimum Gasteiger partial charge on any atom is -0.481 e. The van der Waals surface area contributed by atoms with Crippen LogP contribution in [0, 0.1) is 5.92 Å². The summed E-state index contributed by atoms with van der Waals surface area (Å²) >= 11 is 0. The topological polar surface area (TPSA) is 130 Å². The van der Waals surface area contributed by atoms with Gasteiger partial charge in [0.2, 0.25) is 5.91 Å². The molecule has 2 amide bonds. The van der Waals surface area contributed by atoms with E-state index in [1.54, 1.807) is 13.0 Å². The monoisotopic (exact) mass is 444 g/mol. The number of nitrogens with one attached hydrogen (secondary N) is 2. The van der Waals surface area contributed by atoms with E-state index in [-0.39, 0.29) is 16.9 Å². The molecule has 0 aromatic heterocycles. The van der Waals surface area contributed by atoms with Gasteiger partial charge in [0.15, 0.2) is 0 Å². The van der Waals surface area contributed by atoms with Crippen LogP contribution in [0.1, 0.15) is 42.1 Å². The highest BCUT2D eigenvalue weighted by Crippen LogP contribution is 2.15. The predicted molar refractivity (Wildman–Crippen MR) is 115 cm³/mol. The predicted octanol–water partition coefficient (Wildman–Crippen LogP) is 2.78. The van der Waals surface area contributed by atoms with Crippen LogP contribution in [0.5, 0.6) is 0 Å². The van der Waals surface area contributed by atoms with Crippen LogP contribution in [0.4, 0.5) is 0 Å². The van der Waals surface area contributed by atoms with E-state index < -0.39 is 40.1 Å². The number of rotatable bonds is 10. The summed E-state index contributed by atoms with van der Waals surface area (Å²) in [5.41, 5.74) is 1.14. The zero-order chi connectivity index (χ0) is 22.9. The molecule has 8 nitrogen and oxygen atoms in total. The Morgan fingerprint density at radius 3 is 2.26 bits per heavy atom. The van der Waals surface area contributed by atoms with E-state index >= 15 is 0 Å². The molecule has 31 heavy (non-hydrogen) atoms. The smallest absolute Gasteiger partial charge is 0.304 e. The fraction of sp³-hybridized carbons (Fsp3) is 0.227. The highest BCUT2D eigenvalue weighted by atomic mass is 32.2. The van der Waals surface area contributed by atoms with Crippen molar-refractivity contribution in [3.8, 4) is 0 Å². The van der Waals surface area contributed by atoms with Crippen molar-refractivity contribution >= 4 is 33.9 Å². The Bertz CT molecular complexity index is 1050. The summed E-state index contributed by atoms with van der Waals surface area (Å²) in [5.74, 6) is -3.41. The first-order chi connectivity index (χ1) is 14.7. The number of sulfonamides is 1. The Morgan fingerprint density at radius 1 is 1.03 bits per heavy atom. The average molecular weight is 445 g/mol. The first kappa shape index (κ1) is 23.8. The Balaban J connectivity index is 2.03. The SMILES string of the molecule is CCCC(CC(=O)O)C(=O)NS(=O)(=O)c1ccc(C(=O)NC=Cc2ccccc2)cc1. The van der Waals surface area contributed by atoms with E-state index in [2.05, 4.69) is 5.32 Å². The van der Waals surface area contributed by atoms with Crippen LogP contribution >= 0.6 is 0 Å². The van der Waals surface area contributed by atoms with E-state index in [1.807, 2.05) is 35.1 Å². The molecule has 164 valence electrons. The van der Waals surface area contributed by atoms with Gasteiger partial charge in [-0.15, -0.1) is 0 Å². The molecule has 3 N–H and O–H groups in total. The van der Waals surface area contributed by atoms with Gasteiger partial charge in [-0.25, -0.2) is 13.1 Å². The second-order valence-electron chi connectivity index (χ2n) is 6.80. The van der Waals surface area contributed by atoms with Crippen LogP contribution in [0.2, 0.25) is 0 Å². The van der Waals surface area contributed by atoms with Crippen molar-refractivity contribution in [1.29, 1.82) is 0 Å². The van der Waals surface area contributed by atoms with Crippen LogP contribution in [0.3, 0.4) is 0 Å². The fourth-order valence-electron chi connectivity index (χ4n) is 2.81. The van der Waals surface area contributed by atoms with Crippen molar-refractivity contribution in [3.63, 3.8) is 0 Å². The largest absolute Gasteiger partial charge is 0.481 e. The first-order valence-corrected chi connectivity index (χ1v) is 11.1. The third-order valence-electron chi connectivity index (χ3n) is 4.38. The Hall–Kier alpha value is -3.46. The maximum absolute atomic E-state index is 12.5. The molecule has 0 heterocycles. The lowest BCUT2D eigenvalue weighted by Crippen LogP contribution is -2.36. The first-order valence-electron chi connectivity index (χ1n) is 9.64. The molecule has 0 radical (unpaired) electrons. The number of carbonyl (C=O) groups excluding carboxylic acids is 2. The lowest BCUT2D eigenvalue weighted by molar-refractivity contribution is -0.140. The summed E-state index contributed by atoms with van der Waals surface area (Å²) in [7, 11) is -4.19. The zero-order valence-electron chi connectivity index (χ0n) is 16.9. The number of amides is 2. The number of carboxylic acid groups (broad SMARTS) is 1. The number of carbonyl (C=O) groups is 3. The van der Waals surface area contributed by atoms with Crippen molar-refractivity contribution in [2.75, 3.05) is 0 Å². The van der Waals surface area contributed by atoms with Gasteiger partial charge < -0.3 is 10.4 Å². The number of hydrogen-bond acceptors (Lipinski definition) is 5. The van der Waals surface area contributed by atoms with E-state index in [0.29, 0.717) is 6.42 Å². The summed E-state index contributed by atoms with van der Waals surface area (Å²) in [4.78, 5) is 35.1. The number of aliphatic carboxylic acids is 1. The Labute approximate surface area is 181 Å². The average Bonchev–Trinajstić information content (AvgIpc) is 2.73. The maximum atomic E-state index is 12.5. The number of carboxylic acids is 1. The molecule has 2 aromatic rings. The van der Waals surface area contributed by atoms with Gasteiger partial charge in [0.05, 0.1) is 11.3 Å². The second kappa shape index (κ2) is 11.1. The van der Waals surface area contributed by atoms with Crippen LogP contribution in [-0.4, -0.2) is 31.3 Å². The molecule has 2 rings (SSSR count). The molecule has 0 bridgehead atoms. The third kappa shape index (κ3) is 7.38. The van der Waals surface area contributed by atoms with Crippen molar-refractivity contribution in [2.45, 2.75) is 31.1 Å². The molecule has 1 atom stereocenters. The molecule has 0 aliphatic rings. The van der Waals surface area contributed by atoms with Gasteiger partial charge in [-0.2, -0.15) is 0 Å². The van der Waals surface area contributed by atoms with Gasteiger partial charge in [-0.1, -0.05) is 43.7 Å². The summed E-state index contributed by atoms with van der Waals surface area (Å²) < 4.78 is 26.8. The lowest BCUT2D eigenvalue weighted by Gasteiger charge is -2.14. The standard InChI is InChI=1S/C22H24N2O6S/c1-2-6-18(15-20(25)26)22(28)24-31(29,30)19-11-9-17(10-12-19)21(27)23-14-13-16-7-4-3-5-8-16/h3-5,7-14,18H,2,6,15H2,1H3,(H,23,27)(H,24,28)(H,25,26). The Kier molecular flexibility index (Phi) is 8.51. The summed E-state index contributed by atoms with van der Waals surface area (Å²) in [6, 6.07) is 14.4. The van der Waals surface area contributed by atoms with Gasteiger partial charge in [-0.05, 0) is 42.3 Å². The molecule has 2 aromatic carbocycles. The molecule has 0 fully saturated rings. The van der Waals surface area contributed by atoms with E-state index in [4.69, 9.17) is 5.11 Å². The van der Waals surface area contributed by atoms with Gasteiger partial charge in [0, 0.05) is 17.7 Å². The summed E-state index contributed by atoms with van der Waals surface area (Å²) in [5, 5.41) is 11.5. The highest BCUT2D eigenvalue weighted by Gasteiger charge is 2.26. The van der Waals surface area contributed by atoms with Crippen LogP contribution in [0.15, 0.2) is 65.7 Å². The Morgan fingerprint density at radius 2 is 1.68 bits per heavy atom. The van der Waals surface area contributed by atoms with Crippen molar-refractivity contribution in [3.05, 3.63) is 71.9 Å². The summed E-state index contributed by atoms with van der Waals surface area (Å²) in [6.45, 7) is 1.77. The second-order valence-corrected chi connectivity index (χ2v) is 8.48. The number of benzene rings is 2. The fourth-order valence-corrected chi connectivity index (χ4v) is 3.85. The minimum atomic E-state index is -4.19. The summed E-state index contributed by atoms with van der Waals surface area (Å²) in [6.07, 6.45) is 3.54. The molecule has 0 aliphatic heterocycles. The van der Waals surface area contributed by atoms with E-state index in [0.717, 1.165) is 5.56 Å². The molecule has 9 heteroatoms. The zero-order valence-corrected chi connectivity index (χ0v) is 17.8. The molecule has 1 unspecified atom stereocenters. The molecule has 0 saturated carbocycles. The third-order valence-corrected chi connectivity index (χ3v) is 5.74. The van der Waals surface area contributed by atoms with E-state index in [1.165, 1.54) is 30.5 Å². The van der Waals surface area contributed by atoms with Gasteiger partial charge in [0.1, 0.15) is 0 Å². The van der Waals surface area contributed by atoms with Gasteiger partial charge >= 0.3 is 5.97 Å². The maximum Gasteiger partial charge on any atom is 0.304 e. The normalized spacial score (nSPS) is 12.3. The lowest BCUT2D eigenvalue weighted by atomic mass is 9.99. The van der Waals surface area contributed by atoms with Gasteiger partial charge in [-0.3, -0.25) is 14.4 Å². The van der Waals surface area contributed by atoms with E-state index in [9.17, 15) is 22.8 Å². The van der Waals surface area contributed by atoms with Crippen LogP contribution in [0.25, 0.3) is 6.08 Å². The molecular formula is C22H24N2O6S. The molecule has 0 aliphatic carbocycles.